The molecule has 1 aliphatic heterocycles. The van der Waals surface area contributed by atoms with Gasteiger partial charge in [-0.2, -0.15) is 0 Å². The molecule has 1 saturated heterocycles. The summed E-state index contributed by atoms with van der Waals surface area (Å²) < 4.78 is 10.1. The van der Waals surface area contributed by atoms with Crippen molar-refractivity contribution in [2.45, 2.75) is 32.1 Å². The maximum Gasteiger partial charge on any atom is 0.349 e. The fraction of sp³-hybridized carbons (Fsp3) is 0.381. The number of amides is 1. The number of ether oxygens (including phenoxy) is 1. The van der Waals surface area contributed by atoms with Gasteiger partial charge in [-0.25, -0.2) is 4.79 Å². The summed E-state index contributed by atoms with van der Waals surface area (Å²) in [6, 6.07) is 8.65. The van der Waals surface area contributed by atoms with Crippen LogP contribution in [-0.4, -0.2) is 32.1 Å². The van der Waals surface area contributed by atoms with E-state index in [4.69, 9.17) is 4.42 Å². The van der Waals surface area contributed by atoms with E-state index in [2.05, 4.69) is 15.4 Å². The van der Waals surface area contributed by atoms with Gasteiger partial charge in [-0.15, -0.1) is 12.4 Å². The van der Waals surface area contributed by atoms with Gasteiger partial charge >= 0.3 is 11.6 Å². The molecule has 3 rings (SSSR count). The lowest BCUT2D eigenvalue weighted by Gasteiger charge is -2.22. The summed E-state index contributed by atoms with van der Waals surface area (Å²) in [6.07, 6.45) is 1.91. The van der Waals surface area contributed by atoms with Gasteiger partial charge in [0.05, 0.1) is 13.5 Å². The molecule has 1 aromatic carbocycles. The molecule has 0 unspecified atom stereocenters. The summed E-state index contributed by atoms with van der Waals surface area (Å²) in [5, 5.41) is 5.99. The lowest BCUT2D eigenvalue weighted by molar-refractivity contribution is -0.139. The van der Waals surface area contributed by atoms with Crippen LogP contribution in [0.4, 0.5) is 5.69 Å². The van der Waals surface area contributed by atoms with Gasteiger partial charge < -0.3 is 19.8 Å². The number of hydrogen-bond donors (Lipinski definition) is 2. The highest BCUT2D eigenvalue weighted by Gasteiger charge is 2.22. The Balaban J connectivity index is 0.00000300. The van der Waals surface area contributed by atoms with Gasteiger partial charge in [-0.05, 0) is 62.2 Å². The monoisotopic (exact) mass is 420 g/mol. The number of nitrogens with one attached hydrogen (secondary N) is 2. The number of esters is 1. The Labute approximate surface area is 175 Å². The molecule has 0 atom stereocenters. The zero-order valence-corrected chi connectivity index (χ0v) is 17.3. The lowest BCUT2D eigenvalue weighted by atomic mass is 9.94. The summed E-state index contributed by atoms with van der Waals surface area (Å²) in [6.45, 7) is 3.51. The maximum atomic E-state index is 12.7. The van der Waals surface area contributed by atoms with Gasteiger partial charge in [0.25, 0.3) is 5.91 Å². The number of anilines is 1. The molecule has 0 bridgehead atoms. The van der Waals surface area contributed by atoms with Crippen molar-refractivity contribution in [2.24, 2.45) is 0 Å². The average molecular weight is 421 g/mol. The van der Waals surface area contributed by atoms with E-state index >= 15 is 0 Å². The zero-order chi connectivity index (χ0) is 20.1. The van der Waals surface area contributed by atoms with Crippen LogP contribution < -0.4 is 16.3 Å². The number of aryl methyl sites for hydroxylation is 1. The molecular formula is C21H25ClN2O5. The lowest BCUT2D eigenvalue weighted by Crippen LogP contribution is -2.28. The molecule has 0 saturated carbocycles. The number of rotatable bonds is 5. The summed E-state index contributed by atoms with van der Waals surface area (Å²) >= 11 is 0. The van der Waals surface area contributed by atoms with Gasteiger partial charge in [0.1, 0.15) is 11.3 Å². The molecule has 1 aliphatic rings. The van der Waals surface area contributed by atoms with Crippen molar-refractivity contribution in [2.75, 3.05) is 25.5 Å². The van der Waals surface area contributed by atoms with Gasteiger partial charge in [0.15, 0.2) is 0 Å². The molecule has 2 heterocycles. The number of methoxy groups -OCH3 is 1. The molecule has 0 aliphatic carbocycles. The van der Waals surface area contributed by atoms with Crippen molar-refractivity contribution in [3.63, 3.8) is 0 Å². The Morgan fingerprint density at radius 1 is 1.24 bits per heavy atom. The van der Waals surface area contributed by atoms with Gasteiger partial charge in [-0.1, -0.05) is 12.1 Å². The first-order chi connectivity index (χ1) is 13.5. The SMILES string of the molecule is COC(=O)Cc1cccc(NC(=O)c2c(C)cc(C3CCNCC3)oc2=O)c1.Cl. The van der Waals surface area contributed by atoms with Crippen molar-refractivity contribution in [3.8, 4) is 0 Å². The Morgan fingerprint density at radius 2 is 1.97 bits per heavy atom. The molecular weight excluding hydrogens is 396 g/mol. The number of piperidine rings is 1. The minimum absolute atomic E-state index is 0. The summed E-state index contributed by atoms with van der Waals surface area (Å²) in [5.74, 6) is -0.0628. The van der Waals surface area contributed by atoms with Crippen molar-refractivity contribution in [1.29, 1.82) is 0 Å². The van der Waals surface area contributed by atoms with Crippen LogP contribution in [-0.2, 0) is 16.0 Å². The van der Waals surface area contributed by atoms with E-state index in [0.29, 0.717) is 22.6 Å². The predicted molar refractivity (Wildman–Crippen MR) is 112 cm³/mol. The number of hydrogen-bond acceptors (Lipinski definition) is 6. The van der Waals surface area contributed by atoms with Gasteiger partial charge in [0, 0.05) is 11.6 Å². The van der Waals surface area contributed by atoms with E-state index in [0.717, 1.165) is 25.9 Å². The highest BCUT2D eigenvalue weighted by Crippen LogP contribution is 2.25. The Morgan fingerprint density at radius 3 is 2.62 bits per heavy atom. The first-order valence-corrected chi connectivity index (χ1v) is 9.30. The number of halogens is 1. The molecule has 8 heteroatoms. The minimum atomic E-state index is -0.628. The highest BCUT2D eigenvalue weighted by molar-refractivity contribution is 6.05. The number of benzene rings is 1. The van der Waals surface area contributed by atoms with Crippen molar-refractivity contribution < 1.29 is 18.7 Å². The fourth-order valence-electron chi connectivity index (χ4n) is 3.40. The quantitative estimate of drug-likeness (QED) is 0.722. The number of carbonyl (C=O) groups is 2. The summed E-state index contributed by atoms with van der Waals surface area (Å²) in [7, 11) is 1.32. The number of carbonyl (C=O) groups excluding carboxylic acids is 2. The second kappa shape index (κ2) is 10.2. The standard InChI is InChI=1S/C21H24N2O5.ClH/c1-13-10-17(15-6-8-22-9-7-15)28-21(26)19(13)20(25)23-16-5-3-4-14(11-16)12-18(24)27-2;/h3-5,10-11,15,22H,6-9,12H2,1-2H3,(H,23,25);1H. The Kier molecular flexibility index (Phi) is 7.99. The second-order valence-electron chi connectivity index (χ2n) is 6.93. The molecule has 1 fully saturated rings. The molecule has 2 aromatic rings. The van der Waals surface area contributed by atoms with E-state index < -0.39 is 11.5 Å². The van der Waals surface area contributed by atoms with Crippen LogP contribution in [0.25, 0.3) is 0 Å². The third kappa shape index (κ3) is 5.68. The Hall–Kier alpha value is -2.64. The first-order valence-electron chi connectivity index (χ1n) is 9.30. The van der Waals surface area contributed by atoms with Crippen LogP contribution in [0.2, 0.25) is 0 Å². The van der Waals surface area contributed by atoms with Crippen LogP contribution in [0.15, 0.2) is 39.5 Å². The largest absolute Gasteiger partial charge is 0.469 e. The second-order valence-corrected chi connectivity index (χ2v) is 6.93. The normalized spacial score (nSPS) is 14.0. The maximum absolute atomic E-state index is 12.7. The van der Waals surface area contributed by atoms with Crippen LogP contribution in [0.1, 0.15) is 46.0 Å². The third-order valence-electron chi connectivity index (χ3n) is 4.90. The van der Waals surface area contributed by atoms with Crippen LogP contribution >= 0.6 is 12.4 Å². The van der Waals surface area contributed by atoms with Gasteiger partial charge in [0.2, 0.25) is 0 Å². The average Bonchev–Trinajstić information content (AvgIpc) is 2.68. The van der Waals surface area contributed by atoms with E-state index in [1.165, 1.54) is 7.11 Å². The third-order valence-corrected chi connectivity index (χ3v) is 4.90. The van der Waals surface area contributed by atoms with E-state index in [9.17, 15) is 14.4 Å². The van der Waals surface area contributed by atoms with Crippen LogP contribution in [0.5, 0.6) is 0 Å². The molecule has 156 valence electrons. The molecule has 7 nitrogen and oxygen atoms in total. The smallest absolute Gasteiger partial charge is 0.349 e. The Bertz CT molecular complexity index is 935. The summed E-state index contributed by atoms with van der Waals surface area (Å²) in [4.78, 5) is 36.6. The van der Waals surface area contributed by atoms with E-state index in [1.54, 1.807) is 37.3 Å². The van der Waals surface area contributed by atoms with Crippen molar-refractivity contribution in [3.05, 3.63) is 63.2 Å². The van der Waals surface area contributed by atoms with Crippen molar-refractivity contribution in [1.82, 2.24) is 5.32 Å². The molecule has 1 aromatic heterocycles. The molecule has 0 radical (unpaired) electrons. The summed E-state index contributed by atoms with van der Waals surface area (Å²) in [5.41, 5.74) is 1.16. The minimum Gasteiger partial charge on any atom is -0.469 e. The zero-order valence-electron chi connectivity index (χ0n) is 16.4. The van der Waals surface area contributed by atoms with E-state index in [-0.39, 0.29) is 36.3 Å². The van der Waals surface area contributed by atoms with E-state index in [1.807, 2.05) is 0 Å². The molecule has 1 amide bonds. The predicted octanol–water partition coefficient (Wildman–Crippen LogP) is 2.80. The first kappa shape index (κ1) is 22.6. The van der Waals surface area contributed by atoms with Crippen LogP contribution in [0.3, 0.4) is 0 Å². The molecule has 2 N–H and O–H groups in total. The van der Waals surface area contributed by atoms with Crippen molar-refractivity contribution >= 4 is 30.0 Å². The molecule has 29 heavy (non-hydrogen) atoms. The van der Waals surface area contributed by atoms with Crippen LogP contribution in [0, 0.1) is 6.92 Å². The topological polar surface area (TPSA) is 97.6 Å². The van der Waals surface area contributed by atoms with Gasteiger partial charge in [-0.3, -0.25) is 9.59 Å². The fourth-order valence-corrected chi connectivity index (χ4v) is 3.40. The molecule has 0 spiro atoms. The highest BCUT2D eigenvalue weighted by atomic mass is 35.5.